The molecule has 0 radical (unpaired) electrons. The van der Waals surface area contributed by atoms with E-state index in [0.29, 0.717) is 11.4 Å². The maximum atomic E-state index is 6.47. The molecule has 2 aromatic carbocycles. The second kappa shape index (κ2) is 4.84. The highest BCUT2D eigenvalue weighted by Gasteiger charge is 2.53. The van der Waals surface area contributed by atoms with Crippen molar-refractivity contribution in [2.75, 3.05) is 11.5 Å². The number of anilines is 2. The largest absolute Gasteiger partial charge is 0.452 e. The summed E-state index contributed by atoms with van der Waals surface area (Å²) in [5.74, 6) is 0.924. The molecule has 0 saturated heterocycles. The van der Waals surface area contributed by atoms with Crippen LogP contribution >= 0.6 is 0 Å². The van der Waals surface area contributed by atoms with Crippen molar-refractivity contribution in [3.05, 3.63) is 47.5 Å². The van der Waals surface area contributed by atoms with Gasteiger partial charge in [0.2, 0.25) is 0 Å². The van der Waals surface area contributed by atoms with Crippen molar-refractivity contribution in [1.82, 2.24) is 0 Å². The summed E-state index contributed by atoms with van der Waals surface area (Å²) in [6.07, 6.45) is 1.54. The van der Waals surface area contributed by atoms with Crippen LogP contribution in [0, 0.1) is 0 Å². The number of hydrogen-bond donors (Lipinski definition) is 2. The van der Waals surface area contributed by atoms with Crippen molar-refractivity contribution in [2.24, 2.45) is 0 Å². The van der Waals surface area contributed by atoms with Crippen molar-refractivity contribution in [3.63, 3.8) is 0 Å². The van der Waals surface area contributed by atoms with E-state index in [2.05, 4.69) is 39.8 Å². The molecule has 1 spiro atoms. The molecule has 2 aromatic rings. The quantitative estimate of drug-likeness (QED) is 0.700. The van der Waals surface area contributed by atoms with Crippen LogP contribution in [0.3, 0.4) is 0 Å². The van der Waals surface area contributed by atoms with Crippen LogP contribution in [-0.4, -0.2) is 5.79 Å². The Bertz CT molecular complexity index is 783. The van der Waals surface area contributed by atoms with Crippen LogP contribution in [0.1, 0.15) is 51.7 Å². The molecule has 2 aliphatic rings. The molecule has 4 N–H and O–H groups in total. The van der Waals surface area contributed by atoms with Crippen LogP contribution in [0.25, 0.3) is 0 Å². The Labute approximate surface area is 149 Å². The molecule has 0 aromatic heterocycles. The third kappa shape index (κ3) is 2.51. The predicted molar refractivity (Wildman–Crippen MR) is 101 cm³/mol. The van der Waals surface area contributed by atoms with E-state index in [-0.39, 0.29) is 10.8 Å². The molecule has 4 nitrogen and oxygen atoms in total. The predicted octanol–water partition coefficient (Wildman–Crippen LogP) is 4.37. The van der Waals surface area contributed by atoms with Gasteiger partial charge in [-0.15, -0.1) is 0 Å². The van der Waals surface area contributed by atoms with Gasteiger partial charge >= 0.3 is 0 Å². The first-order valence-corrected chi connectivity index (χ1v) is 8.78. The number of nitrogens with two attached hydrogens (primary N) is 2. The molecule has 0 amide bonds. The van der Waals surface area contributed by atoms with Gasteiger partial charge < -0.3 is 20.9 Å². The first kappa shape index (κ1) is 16.1. The van der Waals surface area contributed by atoms with Crippen LogP contribution in [0.4, 0.5) is 11.4 Å². The molecule has 0 unspecified atom stereocenters. The zero-order chi connectivity index (χ0) is 18.0. The smallest absolute Gasteiger partial charge is 0.252 e. The lowest BCUT2D eigenvalue weighted by atomic mass is 9.69. The number of benzene rings is 2. The SMILES string of the molecule is CC1(C)CC2(CC(C)(C)c3ccc(N)cc3O2)Oc2cc(N)ccc21. The van der Waals surface area contributed by atoms with Gasteiger partial charge in [0.05, 0.1) is 0 Å². The molecular formula is C21H26N2O2. The maximum absolute atomic E-state index is 6.47. The highest BCUT2D eigenvalue weighted by Crippen LogP contribution is 2.53. The van der Waals surface area contributed by atoms with Crippen LogP contribution in [0.5, 0.6) is 11.5 Å². The fourth-order valence-electron chi connectivity index (χ4n) is 4.53. The van der Waals surface area contributed by atoms with E-state index in [4.69, 9.17) is 20.9 Å². The van der Waals surface area contributed by atoms with E-state index in [1.165, 1.54) is 11.1 Å². The number of rotatable bonds is 0. The van der Waals surface area contributed by atoms with E-state index in [1.54, 1.807) is 0 Å². The number of nitrogen functional groups attached to an aromatic ring is 2. The van der Waals surface area contributed by atoms with E-state index < -0.39 is 5.79 Å². The fourth-order valence-corrected chi connectivity index (χ4v) is 4.53. The van der Waals surface area contributed by atoms with E-state index in [1.807, 2.05) is 24.3 Å². The van der Waals surface area contributed by atoms with Crippen molar-refractivity contribution in [3.8, 4) is 11.5 Å². The van der Waals surface area contributed by atoms with Gasteiger partial charge in [-0.05, 0) is 12.1 Å². The van der Waals surface area contributed by atoms with Crippen molar-refractivity contribution >= 4 is 11.4 Å². The lowest BCUT2D eigenvalue weighted by molar-refractivity contribution is -0.166. The molecule has 4 rings (SSSR count). The Balaban J connectivity index is 1.84. The minimum atomic E-state index is -0.714. The molecule has 2 heterocycles. The van der Waals surface area contributed by atoms with Gasteiger partial charge in [0.1, 0.15) is 11.5 Å². The Morgan fingerprint density at radius 3 is 1.52 bits per heavy atom. The van der Waals surface area contributed by atoms with Crippen LogP contribution in [0.2, 0.25) is 0 Å². The zero-order valence-corrected chi connectivity index (χ0v) is 15.3. The summed E-state index contributed by atoms with van der Waals surface area (Å²) < 4.78 is 12.9. The van der Waals surface area contributed by atoms with Gasteiger partial charge in [0.15, 0.2) is 0 Å². The summed E-state index contributed by atoms with van der Waals surface area (Å²) in [6.45, 7) is 8.93. The van der Waals surface area contributed by atoms with Crippen LogP contribution in [-0.2, 0) is 10.8 Å². The number of hydrogen-bond acceptors (Lipinski definition) is 4. The molecule has 0 bridgehead atoms. The summed E-state index contributed by atoms with van der Waals surface area (Å²) in [5.41, 5.74) is 15.6. The zero-order valence-electron chi connectivity index (χ0n) is 15.3. The topological polar surface area (TPSA) is 70.5 Å². The molecule has 0 saturated carbocycles. The molecule has 0 aliphatic carbocycles. The minimum absolute atomic E-state index is 0.0742. The lowest BCUT2D eigenvalue weighted by Crippen LogP contribution is -2.55. The van der Waals surface area contributed by atoms with Gasteiger partial charge in [-0.3, -0.25) is 0 Å². The normalized spacial score (nSPS) is 21.6. The molecule has 25 heavy (non-hydrogen) atoms. The van der Waals surface area contributed by atoms with Crippen molar-refractivity contribution in [2.45, 2.75) is 57.2 Å². The van der Waals surface area contributed by atoms with Crippen molar-refractivity contribution < 1.29 is 9.47 Å². The van der Waals surface area contributed by atoms with Gasteiger partial charge in [0.25, 0.3) is 5.79 Å². The molecular weight excluding hydrogens is 312 g/mol. The second-order valence-electron chi connectivity index (χ2n) is 8.75. The van der Waals surface area contributed by atoms with Crippen LogP contribution < -0.4 is 20.9 Å². The average molecular weight is 338 g/mol. The van der Waals surface area contributed by atoms with E-state index in [9.17, 15) is 0 Å². The molecule has 132 valence electrons. The minimum Gasteiger partial charge on any atom is -0.452 e. The van der Waals surface area contributed by atoms with Gasteiger partial charge in [0, 0.05) is 58.3 Å². The first-order chi connectivity index (χ1) is 11.6. The molecule has 2 aliphatic heterocycles. The summed E-state index contributed by atoms with van der Waals surface area (Å²) >= 11 is 0. The lowest BCUT2D eigenvalue weighted by Gasteiger charge is -2.51. The molecule has 0 atom stereocenters. The second-order valence-corrected chi connectivity index (χ2v) is 8.75. The van der Waals surface area contributed by atoms with Gasteiger partial charge in [-0.2, -0.15) is 0 Å². The Morgan fingerprint density at radius 2 is 1.12 bits per heavy atom. The Morgan fingerprint density at radius 1 is 0.720 bits per heavy atom. The number of ether oxygens (including phenoxy) is 2. The Hall–Kier alpha value is -2.36. The highest BCUT2D eigenvalue weighted by molar-refractivity contribution is 5.55. The average Bonchev–Trinajstić information content (AvgIpc) is 2.43. The van der Waals surface area contributed by atoms with Crippen LogP contribution in [0.15, 0.2) is 36.4 Å². The summed E-state index contributed by atoms with van der Waals surface area (Å²) in [7, 11) is 0. The third-order valence-electron chi connectivity index (χ3n) is 5.48. The standard InChI is InChI=1S/C21H26N2O2/c1-19(2)11-21(24-17-9-13(22)5-7-15(17)19)12-20(3,4)16-8-6-14(23)10-18(16)25-21/h5-10H,11-12,22-23H2,1-4H3. The molecule has 4 heteroatoms. The van der Waals surface area contributed by atoms with E-state index in [0.717, 1.165) is 24.3 Å². The highest BCUT2D eigenvalue weighted by atomic mass is 16.7. The molecule has 0 fully saturated rings. The van der Waals surface area contributed by atoms with E-state index >= 15 is 0 Å². The summed E-state index contributed by atoms with van der Waals surface area (Å²) in [6, 6.07) is 11.8. The maximum Gasteiger partial charge on any atom is 0.252 e. The summed E-state index contributed by atoms with van der Waals surface area (Å²) in [5, 5.41) is 0. The fraction of sp³-hybridized carbons (Fsp3) is 0.429. The summed E-state index contributed by atoms with van der Waals surface area (Å²) in [4.78, 5) is 0. The Kier molecular flexibility index (Phi) is 3.12. The van der Waals surface area contributed by atoms with Gasteiger partial charge in [-0.25, -0.2) is 0 Å². The first-order valence-electron chi connectivity index (χ1n) is 8.78. The third-order valence-corrected chi connectivity index (χ3v) is 5.48. The van der Waals surface area contributed by atoms with Crippen molar-refractivity contribution in [1.29, 1.82) is 0 Å². The van der Waals surface area contributed by atoms with Gasteiger partial charge in [-0.1, -0.05) is 39.8 Å². The monoisotopic (exact) mass is 338 g/mol. The number of fused-ring (bicyclic) bond motifs is 2.